The zero-order chi connectivity index (χ0) is 21.5. The number of nitrogens with one attached hydrogen (secondary N) is 1. The van der Waals surface area contributed by atoms with Crippen molar-refractivity contribution in [3.05, 3.63) is 88.0 Å². The Morgan fingerprint density at radius 3 is 2.67 bits per heavy atom. The van der Waals surface area contributed by atoms with E-state index in [1.807, 2.05) is 0 Å². The van der Waals surface area contributed by atoms with Crippen molar-refractivity contribution in [2.75, 3.05) is 0 Å². The second-order valence-electron chi connectivity index (χ2n) is 6.99. The van der Waals surface area contributed by atoms with Crippen LogP contribution in [0.15, 0.2) is 60.8 Å². The van der Waals surface area contributed by atoms with E-state index in [-0.39, 0.29) is 12.2 Å². The molecule has 1 atom stereocenters. The Labute approximate surface area is 169 Å². The van der Waals surface area contributed by atoms with Crippen LogP contribution in [0.3, 0.4) is 0 Å². The number of urea groups is 1. The van der Waals surface area contributed by atoms with Gasteiger partial charge in [-0.05, 0) is 36.8 Å². The lowest BCUT2D eigenvalue weighted by molar-refractivity contribution is -0.385. The van der Waals surface area contributed by atoms with Gasteiger partial charge in [0, 0.05) is 18.3 Å². The summed E-state index contributed by atoms with van der Waals surface area (Å²) in [6.07, 6.45) is 1.60. The Morgan fingerprint density at radius 2 is 1.93 bits per heavy atom. The van der Waals surface area contributed by atoms with Gasteiger partial charge < -0.3 is 5.32 Å². The Hall–Kier alpha value is -4.08. The summed E-state index contributed by atoms with van der Waals surface area (Å²) in [5.41, 5.74) is -0.384. The molecule has 2 heterocycles. The third-order valence-corrected chi connectivity index (χ3v) is 4.95. The fourth-order valence-corrected chi connectivity index (χ4v) is 3.34. The molecule has 9 nitrogen and oxygen atoms in total. The van der Waals surface area contributed by atoms with Crippen LogP contribution in [0.2, 0.25) is 0 Å². The van der Waals surface area contributed by atoms with E-state index in [9.17, 15) is 24.1 Å². The van der Waals surface area contributed by atoms with Gasteiger partial charge in [0.15, 0.2) is 0 Å². The zero-order valence-corrected chi connectivity index (χ0v) is 15.8. The average molecular weight is 409 g/mol. The van der Waals surface area contributed by atoms with E-state index in [1.165, 1.54) is 41.9 Å². The number of nitro groups is 1. The lowest BCUT2D eigenvalue weighted by Crippen LogP contribution is -2.40. The highest BCUT2D eigenvalue weighted by atomic mass is 19.1. The minimum Gasteiger partial charge on any atom is -0.319 e. The third kappa shape index (κ3) is 3.28. The van der Waals surface area contributed by atoms with Crippen molar-refractivity contribution >= 4 is 17.6 Å². The van der Waals surface area contributed by atoms with Crippen LogP contribution in [0.1, 0.15) is 18.2 Å². The molecule has 1 aliphatic heterocycles. The number of hydrogen-bond acceptors (Lipinski definition) is 5. The number of benzene rings is 2. The molecular formula is C20H16FN5O4. The van der Waals surface area contributed by atoms with E-state index in [0.29, 0.717) is 16.9 Å². The maximum Gasteiger partial charge on any atom is 0.325 e. The van der Waals surface area contributed by atoms with Gasteiger partial charge in [0.25, 0.3) is 11.6 Å². The molecule has 3 amide bonds. The molecule has 1 saturated heterocycles. The van der Waals surface area contributed by atoms with Crippen LogP contribution < -0.4 is 5.32 Å². The fraction of sp³-hybridized carbons (Fsp3) is 0.150. The minimum absolute atomic E-state index is 0.0997. The number of rotatable bonds is 5. The first-order valence-corrected chi connectivity index (χ1v) is 8.97. The van der Waals surface area contributed by atoms with Crippen LogP contribution in [0.4, 0.5) is 14.9 Å². The van der Waals surface area contributed by atoms with Gasteiger partial charge in [-0.15, -0.1) is 0 Å². The van der Waals surface area contributed by atoms with Crippen molar-refractivity contribution in [2.24, 2.45) is 0 Å². The molecule has 0 bridgehead atoms. The first-order chi connectivity index (χ1) is 14.3. The summed E-state index contributed by atoms with van der Waals surface area (Å²) in [6.45, 7) is 1.40. The summed E-state index contributed by atoms with van der Waals surface area (Å²) < 4.78 is 14.9. The number of imide groups is 1. The maximum atomic E-state index is 13.4. The van der Waals surface area contributed by atoms with Gasteiger partial charge in [0.05, 0.1) is 22.8 Å². The Morgan fingerprint density at radius 1 is 1.17 bits per heavy atom. The number of amides is 3. The van der Waals surface area contributed by atoms with Gasteiger partial charge >= 0.3 is 6.03 Å². The van der Waals surface area contributed by atoms with Crippen molar-refractivity contribution in [1.29, 1.82) is 0 Å². The molecule has 1 aromatic heterocycles. The second kappa shape index (κ2) is 7.07. The van der Waals surface area contributed by atoms with E-state index in [0.717, 1.165) is 4.90 Å². The second-order valence-corrected chi connectivity index (χ2v) is 6.99. The number of hydrogen-bond donors (Lipinski definition) is 1. The van der Waals surface area contributed by atoms with Crippen LogP contribution in [-0.2, 0) is 16.9 Å². The van der Waals surface area contributed by atoms with Crippen LogP contribution in [-0.4, -0.2) is 31.5 Å². The van der Waals surface area contributed by atoms with Crippen LogP contribution in [0, 0.1) is 15.9 Å². The van der Waals surface area contributed by atoms with E-state index in [4.69, 9.17) is 0 Å². The van der Waals surface area contributed by atoms with Gasteiger partial charge in [-0.1, -0.05) is 18.2 Å². The Balaban J connectivity index is 1.58. The van der Waals surface area contributed by atoms with Gasteiger partial charge in [-0.3, -0.25) is 19.8 Å². The number of nitrogens with zero attached hydrogens (tertiary/aromatic N) is 4. The topological polar surface area (TPSA) is 110 Å². The Bertz CT molecular complexity index is 1180. The van der Waals surface area contributed by atoms with Crippen molar-refractivity contribution in [2.45, 2.75) is 19.0 Å². The van der Waals surface area contributed by atoms with Crippen molar-refractivity contribution < 1.29 is 18.9 Å². The molecule has 30 heavy (non-hydrogen) atoms. The van der Waals surface area contributed by atoms with Crippen molar-refractivity contribution in [3.8, 4) is 5.69 Å². The zero-order valence-electron chi connectivity index (χ0n) is 15.8. The lowest BCUT2D eigenvalue weighted by Gasteiger charge is -2.21. The molecule has 1 unspecified atom stereocenters. The molecule has 1 fully saturated rings. The molecular weight excluding hydrogens is 393 g/mol. The largest absolute Gasteiger partial charge is 0.325 e. The number of aromatic nitrogens is 2. The monoisotopic (exact) mass is 409 g/mol. The molecule has 0 saturated carbocycles. The summed E-state index contributed by atoms with van der Waals surface area (Å²) in [5, 5.41) is 18.0. The molecule has 1 aliphatic rings. The molecule has 1 N–H and O–H groups in total. The molecule has 0 radical (unpaired) electrons. The number of non-ortho nitro benzene ring substituents is 1. The molecule has 4 rings (SSSR count). The van der Waals surface area contributed by atoms with E-state index in [2.05, 4.69) is 10.4 Å². The smallest absolute Gasteiger partial charge is 0.319 e. The average Bonchev–Trinajstić information content (AvgIpc) is 3.27. The number of carbonyl (C=O) groups is 2. The third-order valence-electron chi connectivity index (χ3n) is 4.95. The van der Waals surface area contributed by atoms with Gasteiger partial charge in [-0.25, -0.2) is 13.9 Å². The quantitative estimate of drug-likeness (QED) is 0.396. The summed E-state index contributed by atoms with van der Waals surface area (Å²) >= 11 is 0. The first-order valence-electron chi connectivity index (χ1n) is 8.97. The normalized spacial score (nSPS) is 18.5. The van der Waals surface area contributed by atoms with Gasteiger partial charge in [-0.2, -0.15) is 5.10 Å². The highest BCUT2D eigenvalue weighted by molar-refractivity contribution is 6.07. The molecule has 152 valence electrons. The van der Waals surface area contributed by atoms with Gasteiger partial charge in [0.2, 0.25) is 0 Å². The molecule has 0 aliphatic carbocycles. The predicted molar refractivity (Wildman–Crippen MR) is 103 cm³/mol. The van der Waals surface area contributed by atoms with Crippen molar-refractivity contribution in [1.82, 2.24) is 20.0 Å². The maximum absolute atomic E-state index is 13.4. The molecule has 0 spiro atoms. The van der Waals surface area contributed by atoms with E-state index in [1.54, 1.807) is 30.5 Å². The predicted octanol–water partition coefficient (Wildman–Crippen LogP) is 2.89. The fourth-order valence-electron chi connectivity index (χ4n) is 3.34. The first kappa shape index (κ1) is 19.2. The molecule has 10 heteroatoms. The van der Waals surface area contributed by atoms with Gasteiger partial charge in [0.1, 0.15) is 11.4 Å². The van der Waals surface area contributed by atoms with Crippen LogP contribution in [0.5, 0.6) is 0 Å². The van der Waals surface area contributed by atoms with E-state index < -0.39 is 28.2 Å². The molecule has 2 aromatic carbocycles. The highest BCUT2D eigenvalue weighted by Crippen LogP contribution is 2.31. The number of halogens is 1. The standard InChI is InChI=1S/C20H16FN5O4/c1-20(13-4-2-7-17(10-13)26(29)30)18(27)24(19(28)22-20)12-15-8-9-25(23-15)16-6-3-5-14(21)11-16/h2-11H,12H2,1H3,(H,22,28). The molecule has 3 aromatic rings. The summed E-state index contributed by atoms with van der Waals surface area (Å²) in [4.78, 5) is 37.0. The summed E-state index contributed by atoms with van der Waals surface area (Å²) in [6, 6.07) is 12.4. The highest BCUT2D eigenvalue weighted by Gasteiger charge is 2.49. The lowest BCUT2D eigenvalue weighted by atomic mass is 9.91. The van der Waals surface area contributed by atoms with Crippen molar-refractivity contribution in [3.63, 3.8) is 0 Å². The van der Waals surface area contributed by atoms with Crippen LogP contribution in [0.25, 0.3) is 5.69 Å². The van der Waals surface area contributed by atoms with Crippen LogP contribution >= 0.6 is 0 Å². The van der Waals surface area contributed by atoms with E-state index >= 15 is 0 Å². The SMILES string of the molecule is CC1(c2cccc([N+](=O)[O-])c2)NC(=O)N(Cc2ccn(-c3cccc(F)c3)n2)C1=O. The Kier molecular flexibility index (Phi) is 4.53. The number of nitro benzene ring substituents is 1. The number of carbonyl (C=O) groups excluding carboxylic acids is 2. The summed E-state index contributed by atoms with van der Waals surface area (Å²) in [7, 11) is 0. The minimum atomic E-state index is -1.44. The summed E-state index contributed by atoms with van der Waals surface area (Å²) in [5.74, 6) is -0.959.